The molecular formula is C14H14OS. The number of benzene rings is 1. The number of aryl methyl sites for hydroxylation is 3. The van der Waals surface area contributed by atoms with Crippen LogP contribution in [0.2, 0.25) is 0 Å². The molecule has 0 saturated heterocycles. The second kappa shape index (κ2) is 4.22. The second-order valence-corrected chi connectivity index (χ2v) is 5.16. The van der Waals surface area contributed by atoms with Gasteiger partial charge in [-0.1, -0.05) is 23.8 Å². The fourth-order valence-electron chi connectivity index (χ4n) is 1.83. The molecule has 1 aromatic heterocycles. The van der Waals surface area contributed by atoms with Crippen LogP contribution in [0.15, 0.2) is 29.6 Å². The number of thiophene rings is 1. The topological polar surface area (TPSA) is 17.1 Å². The first-order valence-electron chi connectivity index (χ1n) is 5.25. The van der Waals surface area contributed by atoms with Crippen molar-refractivity contribution in [1.82, 2.24) is 0 Å². The lowest BCUT2D eigenvalue weighted by atomic mass is 9.98. The van der Waals surface area contributed by atoms with Crippen LogP contribution in [0.25, 0.3) is 0 Å². The molecular weight excluding hydrogens is 216 g/mol. The van der Waals surface area contributed by atoms with Crippen LogP contribution in [0.5, 0.6) is 0 Å². The molecule has 0 aliphatic rings. The van der Waals surface area contributed by atoms with Crippen LogP contribution in [0.4, 0.5) is 0 Å². The molecule has 0 bridgehead atoms. The molecule has 0 aliphatic heterocycles. The molecule has 0 amide bonds. The van der Waals surface area contributed by atoms with Crippen LogP contribution in [-0.4, -0.2) is 5.78 Å². The van der Waals surface area contributed by atoms with Crippen LogP contribution >= 0.6 is 11.3 Å². The van der Waals surface area contributed by atoms with Gasteiger partial charge in [-0.15, -0.1) is 11.3 Å². The Hall–Kier alpha value is -1.41. The molecule has 0 N–H and O–H groups in total. The number of rotatable bonds is 2. The van der Waals surface area contributed by atoms with E-state index in [0.717, 1.165) is 21.6 Å². The first-order chi connectivity index (χ1) is 7.59. The van der Waals surface area contributed by atoms with E-state index >= 15 is 0 Å². The normalized spacial score (nSPS) is 10.4. The Balaban J connectivity index is 2.46. The van der Waals surface area contributed by atoms with Crippen LogP contribution in [0.1, 0.15) is 31.9 Å². The molecule has 0 radical (unpaired) electrons. The minimum absolute atomic E-state index is 0.135. The highest BCUT2D eigenvalue weighted by Gasteiger charge is 2.14. The molecule has 1 aromatic carbocycles. The molecule has 1 heterocycles. The molecule has 2 heteroatoms. The third-order valence-corrected chi connectivity index (χ3v) is 3.58. The number of ketones is 1. The third kappa shape index (κ3) is 1.93. The van der Waals surface area contributed by atoms with E-state index in [1.807, 2.05) is 44.4 Å². The first kappa shape index (κ1) is 11.1. The van der Waals surface area contributed by atoms with Crippen LogP contribution < -0.4 is 0 Å². The summed E-state index contributed by atoms with van der Waals surface area (Å²) >= 11 is 1.62. The quantitative estimate of drug-likeness (QED) is 0.715. The highest BCUT2D eigenvalue weighted by molar-refractivity contribution is 7.10. The van der Waals surface area contributed by atoms with Crippen molar-refractivity contribution < 1.29 is 4.79 Å². The first-order valence-corrected chi connectivity index (χ1v) is 6.13. The van der Waals surface area contributed by atoms with Crippen molar-refractivity contribution in [2.75, 3.05) is 0 Å². The maximum absolute atomic E-state index is 12.3. The second-order valence-electron chi connectivity index (χ2n) is 4.04. The lowest BCUT2D eigenvalue weighted by Crippen LogP contribution is -2.03. The fraction of sp³-hybridized carbons (Fsp3) is 0.214. The third-order valence-electron chi connectivity index (χ3n) is 2.73. The predicted octanol–water partition coefficient (Wildman–Crippen LogP) is 3.90. The summed E-state index contributed by atoms with van der Waals surface area (Å²) in [5.41, 5.74) is 3.88. The van der Waals surface area contributed by atoms with Gasteiger partial charge in [-0.05, 0) is 37.8 Å². The number of hydrogen-bond acceptors (Lipinski definition) is 2. The van der Waals surface area contributed by atoms with Crippen LogP contribution in [0.3, 0.4) is 0 Å². The number of hydrogen-bond donors (Lipinski definition) is 0. The van der Waals surface area contributed by atoms with E-state index in [4.69, 9.17) is 0 Å². The van der Waals surface area contributed by atoms with Gasteiger partial charge in [-0.25, -0.2) is 0 Å². The molecule has 16 heavy (non-hydrogen) atoms. The molecule has 0 spiro atoms. The van der Waals surface area contributed by atoms with Gasteiger partial charge in [-0.2, -0.15) is 0 Å². The maximum Gasteiger partial charge on any atom is 0.194 e. The molecule has 0 fully saturated rings. The molecule has 0 aliphatic carbocycles. The van der Waals surface area contributed by atoms with Crippen molar-refractivity contribution in [2.45, 2.75) is 20.8 Å². The Bertz CT molecular complexity index is 537. The lowest BCUT2D eigenvalue weighted by molar-refractivity contribution is 0.103. The largest absolute Gasteiger partial charge is 0.289 e. The van der Waals surface area contributed by atoms with Gasteiger partial charge in [0.05, 0.1) is 0 Å². The Morgan fingerprint density at radius 1 is 1.06 bits per heavy atom. The van der Waals surface area contributed by atoms with Gasteiger partial charge in [0.2, 0.25) is 0 Å². The Morgan fingerprint density at radius 3 is 2.38 bits per heavy atom. The molecule has 1 nitrogen and oxygen atoms in total. The number of carbonyl (C=O) groups excluding carboxylic acids is 1. The molecule has 0 saturated carbocycles. The zero-order valence-corrected chi connectivity index (χ0v) is 10.5. The van der Waals surface area contributed by atoms with Crippen molar-refractivity contribution in [2.24, 2.45) is 0 Å². The summed E-state index contributed by atoms with van der Waals surface area (Å²) < 4.78 is 0. The van der Waals surface area contributed by atoms with Gasteiger partial charge >= 0.3 is 0 Å². The summed E-state index contributed by atoms with van der Waals surface area (Å²) in [5, 5.41) is 1.96. The molecule has 82 valence electrons. The fourth-order valence-corrected chi connectivity index (χ4v) is 2.53. The van der Waals surface area contributed by atoms with Crippen LogP contribution in [-0.2, 0) is 0 Å². The number of carbonyl (C=O) groups is 1. The van der Waals surface area contributed by atoms with E-state index in [1.165, 1.54) is 5.56 Å². The van der Waals surface area contributed by atoms with E-state index < -0.39 is 0 Å². The summed E-state index contributed by atoms with van der Waals surface area (Å²) in [6.45, 7) is 6.01. The van der Waals surface area contributed by atoms with Crippen molar-refractivity contribution >= 4 is 17.1 Å². The van der Waals surface area contributed by atoms with E-state index in [9.17, 15) is 4.79 Å². The summed E-state index contributed by atoms with van der Waals surface area (Å²) in [7, 11) is 0. The van der Waals surface area contributed by atoms with Gasteiger partial charge in [0.1, 0.15) is 0 Å². The smallest absolute Gasteiger partial charge is 0.194 e. The van der Waals surface area contributed by atoms with Gasteiger partial charge in [0.25, 0.3) is 0 Å². The molecule has 2 aromatic rings. The lowest BCUT2D eigenvalue weighted by Gasteiger charge is -2.05. The zero-order chi connectivity index (χ0) is 11.7. The van der Waals surface area contributed by atoms with E-state index in [2.05, 4.69) is 6.07 Å². The summed E-state index contributed by atoms with van der Waals surface area (Å²) in [6, 6.07) is 7.86. The van der Waals surface area contributed by atoms with Crippen LogP contribution in [0, 0.1) is 20.8 Å². The monoisotopic (exact) mass is 230 g/mol. The van der Waals surface area contributed by atoms with E-state index in [0.29, 0.717) is 0 Å². The van der Waals surface area contributed by atoms with Crippen molar-refractivity contribution in [3.8, 4) is 0 Å². The van der Waals surface area contributed by atoms with E-state index in [-0.39, 0.29) is 5.78 Å². The minimum atomic E-state index is 0.135. The summed E-state index contributed by atoms with van der Waals surface area (Å²) in [4.78, 5) is 13.4. The van der Waals surface area contributed by atoms with Gasteiger partial charge in [0.15, 0.2) is 5.78 Å². The van der Waals surface area contributed by atoms with E-state index in [1.54, 1.807) is 11.3 Å². The maximum atomic E-state index is 12.3. The summed E-state index contributed by atoms with van der Waals surface area (Å²) in [6.07, 6.45) is 0. The standard InChI is InChI=1S/C14H14OS/c1-9-4-5-12(10(2)8-9)14(15)13-6-7-16-11(13)3/h4-8H,1-3H3. The van der Waals surface area contributed by atoms with Gasteiger partial charge < -0.3 is 0 Å². The van der Waals surface area contributed by atoms with Crippen molar-refractivity contribution in [1.29, 1.82) is 0 Å². The Kier molecular flexibility index (Phi) is 2.92. The Morgan fingerprint density at radius 2 is 1.81 bits per heavy atom. The Labute approximate surface area is 99.8 Å². The highest BCUT2D eigenvalue weighted by Crippen LogP contribution is 2.21. The highest BCUT2D eigenvalue weighted by atomic mass is 32.1. The predicted molar refractivity (Wildman–Crippen MR) is 68.4 cm³/mol. The van der Waals surface area contributed by atoms with Gasteiger partial charge in [0, 0.05) is 16.0 Å². The van der Waals surface area contributed by atoms with Crippen molar-refractivity contribution in [3.05, 3.63) is 56.8 Å². The average Bonchev–Trinajstić information content (AvgIpc) is 2.63. The zero-order valence-electron chi connectivity index (χ0n) is 9.70. The van der Waals surface area contributed by atoms with Gasteiger partial charge in [-0.3, -0.25) is 4.79 Å². The molecule has 0 unspecified atom stereocenters. The summed E-state index contributed by atoms with van der Waals surface area (Å²) in [5.74, 6) is 0.135. The minimum Gasteiger partial charge on any atom is -0.289 e. The molecule has 0 atom stereocenters. The average molecular weight is 230 g/mol. The molecule has 2 rings (SSSR count). The SMILES string of the molecule is Cc1ccc(C(=O)c2ccsc2C)c(C)c1. The van der Waals surface area contributed by atoms with Crippen molar-refractivity contribution in [3.63, 3.8) is 0 Å².